The fourth-order valence-electron chi connectivity index (χ4n) is 8.35. The summed E-state index contributed by atoms with van der Waals surface area (Å²) in [5, 5.41) is 5.14. The molecule has 0 spiro atoms. The van der Waals surface area contributed by atoms with E-state index in [4.69, 9.17) is 0 Å². The normalized spacial score (nSPS) is 13.1. The van der Waals surface area contributed by atoms with Gasteiger partial charge in [-0.25, -0.2) is 0 Å². The molecule has 242 valence electrons. The van der Waals surface area contributed by atoms with Crippen molar-refractivity contribution in [2.45, 2.75) is 19.3 Å². The standard InChI is InChI=1S/C49H35NS/c1-49(2)43-22-11-9-18-38(43)39-29-28-36(30-44(39)49)50(35-26-24-33(25-27-35)32-14-5-3-6-15-32)45-31-42-37(34-16-7-4-8-17-34)20-13-21-40(42)48-47(45)41-19-10-12-23-46(41)51-48/h3-31H,1-2H3. The Hall–Kier alpha value is -5.96. The van der Waals surface area contributed by atoms with Crippen LogP contribution < -0.4 is 4.90 Å². The molecule has 10 rings (SSSR count). The lowest BCUT2D eigenvalue weighted by atomic mass is 9.82. The molecule has 0 fully saturated rings. The van der Waals surface area contributed by atoms with Gasteiger partial charge in [-0.3, -0.25) is 0 Å². The van der Waals surface area contributed by atoms with Crippen LogP contribution in [-0.4, -0.2) is 0 Å². The minimum Gasteiger partial charge on any atom is -0.310 e. The minimum absolute atomic E-state index is 0.112. The van der Waals surface area contributed by atoms with Crippen LogP contribution in [-0.2, 0) is 5.41 Å². The van der Waals surface area contributed by atoms with E-state index in [1.54, 1.807) is 0 Å². The second-order valence-corrected chi connectivity index (χ2v) is 15.2. The molecule has 0 aliphatic heterocycles. The van der Waals surface area contributed by atoms with Crippen LogP contribution in [0.2, 0.25) is 0 Å². The first kappa shape index (κ1) is 29.9. The van der Waals surface area contributed by atoms with E-state index < -0.39 is 0 Å². The minimum atomic E-state index is -0.112. The predicted octanol–water partition coefficient (Wildman–Crippen LogP) is 14.3. The number of thiophene rings is 1. The second kappa shape index (κ2) is 11.6. The van der Waals surface area contributed by atoms with Gasteiger partial charge in [-0.05, 0) is 86.3 Å². The summed E-state index contributed by atoms with van der Waals surface area (Å²) >= 11 is 1.90. The highest BCUT2D eigenvalue weighted by atomic mass is 32.1. The maximum atomic E-state index is 2.51. The van der Waals surface area contributed by atoms with Crippen LogP contribution in [0.5, 0.6) is 0 Å². The first-order chi connectivity index (χ1) is 25.1. The van der Waals surface area contributed by atoms with Gasteiger partial charge in [0, 0.05) is 42.3 Å². The molecule has 0 unspecified atom stereocenters. The number of benzene rings is 8. The van der Waals surface area contributed by atoms with Crippen molar-refractivity contribution in [1.82, 2.24) is 0 Å². The van der Waals surface area contributed by atoms with Crippen LogP contribution in [0.4, 0.5) is 17.1 Å². The molecule has 9 aromatic rings. The Kier molecular flexibility index (Phi) is 6.78. The third-order valence-corrected chi connectivity index (χ3v) is 12.1. The van der Waals surface area contributed by atoms with Gasteiger partial charge < -0.3 is 4.90 Å². The molecule has 1 heterocycles. The summed E-state index contributed by atoms with van der Waals surface area (Å²) in [6.45, 7) is 4.74. The molecule has 0 saturated carbocycles. The third-order valence-electron chi connectivity index (χ3n) is 10.9. The van der Waals surface area contributed by atoms with Gasteiger partial charge in [0.15, 0.2) is 0 Å². The zero-order chi connectivity index (χ0) is 34.1. The fraction of sp³-hybridized carbons (Fsp3) is 0.0612. The Morgan fingerprint density at radius 3 is 1.84 bits per heavy atom. The van der Waals surface area contributed by atoms with Gasteiger partial charge >= 0.3 is 0 Å². The number of rotatable bonds is 5. The summed E-state index contributed by atoms with van der Waals surface area (Å²) in [4.78, 5) is 2.51. The summed E-state index contributed by atoms with van der Waals surface area (Å²) in [7, 11) is 0. The summed E-state index contributed by atoms with van der Waals surface area (Å²) < 4.78 is 2.62. The van der Waals surface area contributed by atoms with E-state index in [2.05, 4.69) is 195 Å². The second-order valence-electron chi connectivity index (χ2n) is 14.1. The average molecular weight is 670 g/mol. The lowest BCUT2D eigenvalue weighted by molar-refractivity contribution is 0.660. The summed E-state index contributed by atoms with van der Waals surface area (Å²) in [5.41, 5.74) is 13.7. The van der Waals surface area contributed by atoms with Gasteiger partial charge in [0.25, 0.3) is 0 Å². The predicted molar refractivity (Wildman–Crippen MR) is 220 cm³/mol. The Balaban J connectivity index is 1.28. The van der Waals surface area contributed by atoms with Gasteiger partial charge in [-0.2, -0.15) is 0 Å². The molecule has 0 saturated heterocycles. The maximum Gasteiger partial charge on any atom is 0.0561 e. The molecule has 1 aliphatic carbocycles. The number of fused-ring (bicyclic) bond motifs is 8. The first-order valence-electron chi connectivity index (χ1n) is 17.7. The van der Waals surface area contributed by atoms with E-state index in [0.29, 0.717) is 0 Å². The third kappa shape index (κ3) is 4.67. The molecule has 8 aromatic carbocycles. The van der Waals surface area contributed by atoms with Crippen molar-refractivity contribution in [3.8, 4) is 33.4 Å². The van der Waals surface area contributed by atoms with Crippen molar-refractivity contribution in [3.05, 3.63) is 187 Å². The van der Waals surface area contributed by atoms with Crippen LogP contribution in [0.25, 0.3) is 64.3 Å². The average Bonchev–Trinajstić information content (AvgIpc) is 3.69. The highest BCUT2D eigenvalue weighted by Gasteiger charge is 2.36. The zero-order valence-electron chi connectivity index (χ0n) is 28.6. The molecular weight excluding hydrogens is 635 g/mol. The highest BCUT2D eigenvalue weighted by molar-refractivity contribution is 7.26. The SMILES string of the molecule is CC1(C)c2ccccc2-c2ccc(N(c3ccc(-c4ccccc4)cc3)c3cc4c(-c5ccccc5)cccc4c4sc5ccccc5c34)cc21. The molecule has 0 amide bonds. The van der Waals surface area contributed by atoms with Crippen LogP contribution >= 0.6 is 11.3 Å². The molecule has 1 nitrogen and oxygen atoms in total. The zero-order valence-corrected chi connectivity index (χ0v) is 29.4. The quantitative estimate of drug-likeness (QED) is 0.176. The van der Waals surface area contributed by atoms with Gasteiger partial charge in [0.2, 0.25) is 0 Å². The van der Waals surface area contributed by atoms with Crippen LogP contribution in [0.15, 0.2) is 176 Å². The van der Waals surface area contributed by atoms with E-state index in [9.17, 15) is 0 Å². The Morgan fingerprint density at radius 1 is 0.431 bits per heavy atom. The topological polar surface area (TPSA) is 3.24 Å². The smallest absolute Gasteiger partial charge is 0.0561 e. The summed E-state index contributed by atoms with van der Waals surface area (Å²) in [6.07, 6.45) is 0. The molecule has 51 heavy (non-hydrogen) atoms. The fourth-order valence-corrected chi connectivity index (χ4v) is 9.61. The van der Waals surface area contributed by atoms with Crippen LogP contribution in [0, 0.1) is 0 Å². The van der Waals surface area contributed by atoms with Gasteiger partial charge in [0.05, 0.1) is 5.69 Å². The Labute approximate surface area is 302 Å². The molecule has 1 aromatic heterocycles. The lowest BCUT2D eigenvalue weighted by Gasteiger charge is -2.29. The largest absolute Gasteiger partial charge is 0.310 e. The maximum absolute atomic E-state index is 2.51. The van der Waals surface area contributed by atoms with Crippen molar-refractivity contribution in [3.63, 3.8) is 0 Å². The van der Waals surface area contributed by atoms with E-state index in [-0.39, 0.29) is 5.41 Å². The Morgan fingerprint density at radius 2 is 1.04 bits per heavy atom. The van der Waals surface area contributed by atoms with E-state index in [1.165, 1.54) is 81.1 Å². The number of hydrogen-bond donors (Lipinski definition) is 0. The number of hydrogen-bond acceptors (Lipinski definition) is 2. The van der Waals surface area contributed by atoms with Gasteiger partial charge in [-0.1, -0.05) is 153 Å². The van der Waals surface area contributed by atoms with Crippen molar-refractivity contribution < 1.29 is 0 Å². The lowest BCUT2D eigenvalue weighted by Crippen LogP contribution is -2.16. The molecule has 0 N–H and O–H groups in total. The molecule has 2 heteroatoms. The molecule has 1 aliphatic rings. The highest BCUT2D eigenvalue weighted by Crippen LogP contribution is 2.53. The molecule has 0 atom stereocenters. The van der Waals surface area contributed by atoms with Crippen molar-refractivity contribution in [1.29, 1.82) is 0 Å². The van der Waals surface area contributed by atoms with Crippen molar-refractivity contribution in [2.24, 2.45) is 0 Å². The van der Waals surface area contributed by atoms with E-state index in [1.807, 2.05) is 11.3 Å². The first-order valence-corrected chi connectivity index (χ1v) is 18.5. The Bertz CT molecular complexity index is 2760. The van der Waals surface area contributed by atoms with E-state index in [0.717, 1.165) is 11.4 Å². The summed E-state index contributed by atoms with van der Waals surface area (Å²) in [5.74, 6) is 0. The van der Waals surface area contributed by atoms with Gasteiger partial charge in [-0.15, -0.1) is 11.3 Å². The van der Waals surface area contributed by atoms with Gasteiger partial charge in [0.1, 0.15) is 0 Å². The molecular formula is C49H35NS. The van der Waals surface area contributed by atoms with E-state index >= 15 is 0 Å². The monoisotopic (exact) mass is 669 g/mol. The van der Waals surface area contributed by atoms with Crippen LogP contribution in [0.1, 0.15) is 25.0 Å². The molecule has 0 bridgehead atoms. The number of nitrogens with zero attached hydrogens (tertiary/aromatic N) is 1. The number of anilines is 3. The molecule has 0 radical (unpaired) electrons. The van der Waals surface area contributed by atoms with Crippen molar-refractivity contribution >= 4 is 59.3 Å². The van der Waals surface area contributed by atoms with Crippen LogP contribution in [0.3, 0.4) is 0 Å². The van der Waals surface area contributed by atoms with Crippen molar-refractivity contribution in [2.75, 3.05) is 4.90 Å². The summed E-state index contributed by atoms with van der Waals surface area (Å²) in [6, 6.07) is 64.8.